The van der Waals surface area contributed by atoms with Gasteiger partial charge in [-0.1, -0.05) is 55.8 Å². The summed E-state index contributed by atoms with van der Waals surface area (Å²) in [4.78, 5) is 57.0. The molecule has 9 heteroatoms. The molecule has 0 aliphatic carbocycles. The Labute approximate surface area is 216 Å². The smallest absolute Gasteiger partial charge is 0.327 e. The first-order chi connectivity index (χ1) is 17.5. The first kappa shape index (κ1) is 26.3. The summed E-state index contributed by atoms with van der Waals surface area (Å²) in [5, 5.41) is 2.71. The van der Waals surface area contributed by atoms with E-state index in [1.165, 1.54) is 19.2 Å². The molecule has 2 aromatic rings. The average molecular weight is 509 g/mol. The zero-order chi connectivity index (χ0) is 26.9. The summed E-state index contributed by atoms with van der Waals surface area (Å²) in [5.74, 6) is -2.08. The predicted molar refractivity (Wildman–Crippen MR) is 136 cm³/mol. The minimum absolute atomic E-state index is 0.106. The highest BCUT2D eigenvalue weighted by molar-refractivity contribution is 6.07. The molecule has 0 unspecified atom stereocenters. The molecule has 4 rings (SSSR count). The van der Waals surface area contributed by atoms with Gasteiger partial charge in [-0.05, 0) is 43.4 Å². The number of likely N-dealkylation sites (tertiary alicyclic amines) is 1. The zero-order valence-corrected chi connectivity index (χ0v) is 21.7. The van der Waals surface area contributed by atoms with Crippen molar-refractivity contribution in [3.05, 3.63) is 71.0 Å². The number of imide groups is 1. The van der Waals surface area contributed by atoms with Crippen LogP contribution in [0.25, 0.3) is 0 Å². The molecule has 1 spiro atoms. The van der Waals surface area contributed by atoms with Crippen molar-refractivity contribution in [3.63, 3.8) is 0 Å². The maximum atomic E-state index is 14.3. The van der Waals surface area contributed by atoms with Crippen molar-refractivity contribution in [2.45, 2.75) is 51.7 Å². The molecule has 8 nitrogen and oxygen atoms in total. The first-order valence-corrected chi connectivity index (χ1v) is 12.5. The Hall–Kier alpha value is -3.75. The molecule has 37 heavy (non-hydrogen) atoms. The third-order valence-electron chi connectivity index (χ3n) is 7.41. The van der Waals surface area contributed by atoms with Crippen molar-refractivity contribution in [2.75, 3.05) is 20.1 Å². The van der Waals surface area contributed by atoms with Gasteiger partial charge in [0.25, 0.3) is 11.8 Å². The molecule has 1 atom stereocenters. The number of nitrogens with zero attached hydrogens (tertiary/aromatic N) is 3. The van der Waals surface area contributed by atoms with E-state index in [4.69, 9.17) is 0 Å². The van der Waals surface area contributed by atoms with Gasteiger partial charge in [0.1, 0.15) is 17.4 Å². The summed E-state index contributed by atoms with van der Waals surface area (Å²) in [6.07, 6.45) is 0.595. The fraction of sp³-hybridized carbons (Fsp3) is 0.429. The van der Waals surface area contributed by atoms with Crippen LogP contribution >= 0.6 is 0 Å². The van der Waals surface area contributed by atoms with Crippen LogP contribution in [0.4, 0.5) is 9.18 Å². The lowest BCUT2D eigenvalue weighted by Crippen LogP contribution is -2.60. The van der Waals surface area contributed by atoms with Crippen LogP contribution in [-0.2, 0) is 16.1 Å². The van der Waals surface area contributed by atoms with Crippen LogP contribution in [0.5, 0.6) is 0 Å². The van der Waals surface area contributed by atoms with E-state index in [2.05, 4.69) is 5.32 Å². The molecule has 2 heterocycles. The number of nitrogens with one attached hydrogen (secondary N) is 1. The second-order valence-corrected chi connectivity index (χ2v) is 10.3. The van der Waals surface area contributed by atoms with E-state index in [1.807, 2.05) is 44.2 Å². The molecule has 0 radical (unpaired) electrons. The van der Waals surface area contributed by atoms with Crippen LogP contribution in [0.3, 0.4) is 0 Å². The van der Waals surface area contributed by atoms with Gasteiger partial charge in [0.15, 0.2) is 0 Å². The van der Waals surface area contributed by atoms with Crippen molar-refractivity contribution in [2.24, 2.45) is 5.92 Å². The number of carbonyl (C=O) groups excluding carboxylic acids is 4. The van der Waals surface area contributed by atoms with E-state index in [-0.39, 0.29) is 42.4 Å². The second-order valence-electron chi connectivity index (χ2n) is 10.3. The van der Waals surface area contributed by atoms with Crippen molar-refractivity contribution in [3.8, 4) is 0 Å². The Balaban J connectivity index is 1.49. The second kappa shape index (κ2) is 10.3. The number of amides is 5. The normalized spacial score (nSPS) is 18.1. The number of urea groups is 1. The first-order valence-electron chi connectivity index (χ1n) is 12.5. The summed E-state index contributed by atoms with van der Waals surface area (Å²) < 4.78 is 14.3. The molecule has 0 bridgehead atoms. The van der Waals surface area contributed by atoms with Crippen LogP contribution in [0.1, 0.15) is 48.2 Å². The van der Waals surface area contributed by atoms with Crippen molar-refractivity contribution < 1.29 is 23.6 Å². The number of likely N-dealkylation sites (N-methyl/N-ethyl adjacent to an activating group) is 1. The molecule has 1 N–H and O–H groups in total. The maximum Gasteiger partial charge on any atom is 0.327 e. The van der Waals surface area contributed by atoms with Crippen LogP contribution in [0.15, 0.2) is 48.5 Å². The van der Waals surface area contributed by atoms with Crippen LogP contribution < -0.4 is 5.32 Å². The number of hydrogen-bond acceptors (Lipinski definition) is 4. The van der Waals surface area contributed by atoms with Crippen molar-refractivity contribution in [1.29, 1.82) is 0 Å². The summed E-state index contributed by atoms with van der Waals surface area (Å²) in [6.45, 7) is 6.21. The molecular formula is C28H33FN4O4. The Morgan fingerprint density at radius 2 is 1.70 bits per heavy atom. The molecule has 2 saturated heterocycles. The number of hydrogen-bond donors (Lipinski definition) is 1. The summed E-state index contributed by atoms with van der Waals surface area (Å²) in [7, 11) is 1.49. The highest BCUT2D eigenvalue weighted by atomic mass is 19.1. The lowest BCUT2D eigenvalue weighted by molar-refractivity contribution is -0.142. The standard InChI is InChI=1S/C28H33FN4O4/c1-18(2)23(30-24(34)21-16-19(3)10-11-22(21)29)25(35)32-14-12-28(13-15-32)26(36)31(4)27(37)33(28)17-20-8-6-5-7-9-20/h5-11,16,18,23H,12-15,17H2,1-4H3,(H,30,34)/t23-/m1/s1. The highest BCUT2D eigenvalue weighted by Crippen LogP contribution is 2.38. The molecule has 196 valence electrons. The Kier molecular flexibility index (Phi) is 7.34. The quantitative estimate of drug-likeness (QED) is 0.606. The lowest BCUT2D eigenvalue weighted by Gasteiger charge is -2.43. The Morgan fingerprint density at radius 3 is 2.32 bits per heavy atom. The van der Waals surface area contributed by atoms with Gasteiger partial charge in [-0.2, -0.15) is 0 Å². The minimum atomic E-state index is -1.01. The lowest BCUT2D eigenvalue weighted by atomic mass is 9.85. The molecule has 5 amide bonds. The van der Waals surface area contributed by atoms with Gasteiger partial charge in [-0.25, -0.2) is 9.18 Å². The molecule has 2 fully saturated rings. The molecule has 0 saturated carbocycles. The predicted octanol–water partition coefficient (Wildman–Crippen LogP) is 3.34. The van der Waals surface area contributed by atoms with Gasteiger partial charge in [-0.15, -0.1) is 0 Å². The van der Waals surface area contributed by atoms with Gasteiger partial charge in [0.05, 0.1) is 5.56 Å². The summed E-state index contributed by atoms with van der Waals surface area (Å²) in [5.41, 5.74) is 0.536. The molecule has 2 aliphatic heterocycles. The highest BCUT2D eigenvalue weighted by Gasteiger charge is 2.57. The molecule has 2 aromatic carbocycles. The number of carbonyl (C=O) groups is 4. The SMILES string of the molecule is Cc1ccc(F)c(C(=O)N[C@@H](C(=O)N2CCC3(CC2)C(=O)N(C)C(=O)N3Cc2ccccc2)C(C)C)c1. The van der Waals surface area contributed by atoms with E-state index in [9.17, 15) is 23.6 Å². The Bertz CT molecular complexity index is 1210. The van der Waals surface area contributed by atoms with Gasteiger partial charge < -0.3 is 15.1 Å². The largest absolute Gasteiger partial charge is 0.341 e. The number of rotatable bonds is 6. The van der Waals surface area contributed by atoms with Crippen LogP contribution in [0.2, 0.25) is 0 Å². The van der Waals surface area contributed by atoms with E-state index >= 15 is 0 Å². The van der Waals surface area contributed by atoms with E-state index < -0.39 is 23.3 Å². The molecular weight excluding hydrogens is 475 g/mol. The van der Waals surface area contributed by atoms with E-state index in [0.717, 1.165) is 16.0 Å². The zero-order valence-electron chi connectivity index (χ0n) is 21.7. The fourth-order valence-corrected chi connectivity index (χ4v) is 5.19. The van der Waals surface area contributed by atoms with E-state index in [0.29, 0.717) is 19.4 Å². The van der Waals surface area contributed by atoms with Crippen molar-refractivity contribution in [1.82, 2.24) is 20.0 Å². The third kappa shape index (κ3) is 4.95. The fourth-order valence-electron chi connectivity index (χ4n) is 5.19. The summed E-state index contributed by atoms with van der Waals surface area (Å²) in [6, 6.07) is 12.6. The third-order valence-corrected chi connectivity index (χ3v) is 7.41. The van der Waals surface area contributed by atoms with Crippen LogP contribution in [-0.4, -0.2) is 70.2 Å². The Morgan fingerprint density at radius 1 is 1.05 bits per heavy atom. The number of benzene rings is 2. The monoisotopic (exact) mass is 508 g/mol. The van der Waals surface area contributed by atoms with Crippen LogP contribution in [0, 0.1) is 18.7 Å². The van der Waals surface area contributed by atoms with E-state index in [1.54, 1.807) is 22.8 Å². The molecule has 0 aromatic heterocycles. The van der Waals surface area contributed by atoms with Gasteiger partial charge in [-0.3, -0.25) is 19.3 Å². The average Bonchev–Trinajstić information content (AvgIpc) is 3.05. The minimum Gasteiger partial charge on any atom is -0.341 e. The number of halogens is 1. The molecule has 2 aliphatic rings. The topological polar surface area (TPSA) is 90.0 Å². The van der Waals surface area contributed by atoms with Gasteiger partial charge in [0, 0.05) is 26.7 Å². The van der Waals surface area contributed by atoms with Gasteiger partial charge >= 0.3 is 6.03 Å². The number of piperidine rings is 1. The van der Waals surface area contributed by atoms with Crippen molar-refractivity contribution >= 4 is 23.8 Å². The number of aryl methyl sites for hydroxylation is 1. The maximum absolute atomic E-state index is 14.3. The summed E-state index contributed by atoms with van der Waals surface area (Å²) >= 11 is 0. The van der Waals surface area contributed by atoms with Gasteiger partial charge in [0.2, 0.25) is 5.91 Å².